The van der Waals surface area contributed by atoms with Crippen molar-refractivity contribution in [1.29, 1.82) is 0 Å². The van der Waals surface area contributed by atoms with E-state index in [-0.39, 0.29) is 5.56 Å². The van der Waals surface area contributed by atoms with E-state index in [1.54, 1.807) is 11.3 Å². The molecule has 0 aliphatic carbocycles. The maximum atomic E-state index is 12.4. The van der Waals surface area contributed by atoms with E-state index in [2.05, 4.69) is 28.1 Å². The lowest BCUT2D eigenvalue weighted by Crippen LogP contribution is -2.35. The fourth-order valence-corrected chi connectivity index (χ4v) is 4.89. The normalized spacial score (nSPS) is 16.2. The van der Waals surface area contributed by atoms with Crippen LogP contribution in [0.4, 0.5) is 0 Å². The van der Waals surface area contributed by atoms with Gasteiger partial charge in [0, 0.05) is 40.5 Å². The molecule has 3 heterocycles. The van der Waals surface area contributed by atoms with E-state index in [1.807, 2.05) is 24.3 Å². The van der Waals surface area contributed by atoms with E-state index in [0.717, 1.165) is 59.2 Å². The molecular formula is C20H18N2O2S. The molecule has 4 nitrogen and oxygen atoms in total. The van der Waals surface area contributed by atoms with E-state index in [4.69, 9.17) is 4.74 Å². The molecule has 1 aliphatic heterocycles. The Balaban J connectivity index is 1.65. The van der Waals surface area contributed by atoms with Crippen LogP contribution in [0.15, 0.2) is 47.3 Å². The van der Waals surface area contributed by atoms with Gasteiger partial charge in [0.05, 0.1) is 23.4 Å². The molecule has 5 heteroatoms. The molecule has 0 saturated carbocycles. The lowest BCUT2D eigenvalue weighted by Gasteiger charge is -2.26. The van der Waals surface area contributed by atoms with Gasteiger partial charge in [-0.1, -0.05) is 30.3 Å². The largest absolute Gasteiger partial charge is 0.379 e. The Morgan fingerprint density at radius 1 is 1.04 bits per heavy atom. The van der Waals surface area contributed by atoms with Crippen molar-refractivity contribution >= 4 is 42.4 Å². The van der Waals surface area contributed by atoms with E-state index in [1.165, 1.54) is 10.3 Å². The summed E-state index contributed by atoms with van der Waals surface area (Å²) in [6, 6.07) is 14.4. The van der Waals surface area contributed by atoms with E-state index < -0.39 is 0 Å². The van der Waals surface area contributed by atoms with Crippen molar-refractivity contribution < 1.29 is 4.74 Å². The number of ether oxygens (including phenoxy) is 1. The summed E-state index contributed by atoms with van der Waals surface area (Å²) < 4.78 is 7.82. The highest BCUT2D eigenvalue weighted by Gasteiger charge is 2.14. The average molecular weight is 350 g/mol. The Labute approximate surface area is 148 Å². The van der Waals surface area contributed by atoms with Gasteiger partial charge in [0.1, 0.15) is 0 Å². The first-order valence-electron chi connectivity index (χ1n) is 8.56. The van der Waals surface area contributed by atoms with Crippen LogP contribution in [0.2, 0.25) is 0 Å². The van der Waals surface area contributed by atoms with Crippen molar-refractivity contribution in [3.05, 3.63) is 58.4 Å². The van der Waals surface area contributed by atoms with Crippen LogP contribution in [-0.2, 0) is 11.3 Å². The molecular weight excluding hydrogens is 332 g/mol. The molecule has 0 amide bonds. The number of morpholine rings is 1. The van der Waals surface area contributed by atoms with Gasteiger partial charge >= 0.3 is 0 Å². The van der Waals surface area contributed by atoms with Crippen LogP contribution < -0.4 is 5.56 Å². The summed E-state index contributed by atoms with van der Waals surface area (Å²) in [7, 11) is 0. The van der Waals surface area contributed by atoms with E-state index in [0.29, 0.717) is 0 Å². The SMILES string of the molecule is O=c1[nH]c2c3ccc(CN4CCOCC4)cc3sc2c2ccccc12. The van der Waals surface area contributed by atoms with E-state index in [9.17, 15) is 4.79 Å². The summed E-state index contributed by atoms with van der Waals surface area (Å²) in [6.07, 6.45) is 0. The molecule has 1 aliphatic rings. The number of benzene rings is 2. The highest BCUT2D eigenvalue weighted by molar-refractivity contribution is 7.26. The smallest absolute Gasteiger partial charge is 0.256 e. The highest BCUT2D eigenvalue weighted by Crippen LogP contribution is 2.36. The Morgan fingerprint density at radius 3 is 2.68 bits per heavy atom. The Hall–Kier alpha value is -2.21. The number of aromatic nitrogens is 1. The number of hydrogen-bond acceptors (Lipinski definition) is 4. The molecule has 1 fully saturated rings. The van der Waals surface area contributed by atoms with Gasteiger partial charge in [-0.2, -0.15) is 0 Å². The molecule has 1 N–H and O–H groups in total. The monoisotopic (exact) mass is 350 g/mol. The number of thiophene rings is 1. The number of aromatic amines is 1. The summed E-state index contributed by atoms with van der Waals surface area (Å²) in [5.74, 6) is 0. The molecule has 0 atom stereocenters. The quantitative estimate of drug-likeness (QED) is 0.599. The van der Waals surface area contributed by atoms with Crippen molar-refractivity contribution in [2.45, 2.75) is 6.54 Å². The minimum atomic E-state index is -0.0137. The zero-order valence-corrected chi connectivity index (χ0v) is 14.6. The molecule has 0 spiro atoms. The van der Waals surface area contributed by atoms with Crippen molar-refractivity contribution in [3.8, 4) is 0 Å². The molecule has 0 radical (unpaired) electrons. The van der Waals surface area contributed by atoms with Crippen LogP contribution in [0.5, 0.6) is 0 Å². The van der Waals surface area contributed by atoms with Gasteiger partial charge in [-0.25, -0.2) is 0 Å². The second-order valence-corrected chi connectivity index (χ2v) is 7.58. The first-order valence-corrected chi connectivity index (χ1v) is 9.37. The summed E-state index contributed by atoms with van der Waals surface area (Å²) in [4.78, 5) is 17.9. The maximum absolute atomic E-state index is 12.4. The predicted molar refractivity (Wildman–Crippen MR) is 104 cm³/mol. The van der Waals surface area contributed by atoms with Gasteiger partial charge in [-0.3, -0.25) is 9.69 Å². The van der Waals surface area contributed by atoms with Crippen LogP contribution in [-0.4, -0.2) is 36.2 Å². The standard InChI is InChI=1S/C20H18N2O2S/c23-20-15-4-2-1-3-14(15)19-18(21-20)16-6-5-13(11-17(16)25-19)12-22-7-9-24-10-8-22/h1-6,11H,7-10,12H2,(H,21,23). The number of pyridine rings is 1. The van der Waals surface area contributed by atoms with Gasteiger partial charge in [-0.05, 0) is 17.7 Å². The second kappa shape index (κ2) is 5.95. The molecule has 126 valence electrons. The molecule has 25 heavy (non-hydrogen) atoms. The molecule has 4 aromatic rings. The van der Waals surface area contributed by atoms with Gasteiger partial charge in [0.2, 0.25) is 0 Å². The number of fused-ring (bicyclic) bond motifs is 5. The molecule has 2 aromatic heterocycles. The Bertz CT molecular complexity index is 1140. The zero-order chi connectivity index (χ0) is 16.8. The fraction of sp³-hybridized carbons (Fsp3) is 0.250. The number of hydrogen-bond donors (Lipinski definition) is 1. The molecule has 1 saturated heterocycles. The topological polar surface area (TPSA) is 45.3 Å². The van der Waals surface area contributed by atoms with Gasteiger partial charge in [0.25, 0.3) is 5.56 Å². The first kappa shape index (κ1) is 15.1. The molecule has 5 rings (SSSR count). The summed E-state index contributed by atoms with van der Waals surface area (Å²) in [6.45, 7) is 4.56. The maximum Gasteiger partial charge on any atom is 0.256 e. The van der Waals surface area contributed by atoms with E-state index >= 15 is 0 Å². The van der Waals surface area contributed by atoms with Crippen molar-refractivity contribution in [3.63, 3.8) is 0 Å². The Morgan fingerprint density at radius 2 is 1.84 bits per heavy atom. The third kappa shape index (κ3) is 2.56. The van der Waals surface area contributed by atoms with Gasteiger partial charge in [-0.15, -0.1) is 11.3 Å². The summed E-state index contributed by atoms with van der Waals surface area (Å²) >= 11 is 1.76. The number of nitrogens with zero attached hydrogens (tertiary/aromatic N) is 1. The Kier molecular flexibility index (Phi) is 3.59. The minimum Gasteiger partial charge on any atom is -0.379 e. The molecule has 0 bridgehead atoms. The van der Waals surface area contributed by atoms with Crippen LogP contribution in [0.3, 0.4) is 0 Å². The number of rotatable bonds is 2. The van der Waals surface area contributed by atoms with Crippen LogP contribution in [0.1, 0.15) is 5.56 Å². The van der Waals surface area contributed by atoms with Gasteiger partial charge < -0.3 is 9.72 Å². The van der Waals surface area contributed by atoms with Crippen molar-refractivity contribution in [1.82, 2.24) is 9.88 Å². The minimum absolute atomic E-state index is 0.0137. The number of nitrogens with one attached hydrogen (secondary N) is 1. The van der Waals surface area contributed by atoms with Crippen LogP contribution in [0, 0.1) is 0 Å². The lowest BCUT2D eigenvalue weighted by atomic mass is 10.1. The second-order valence-electron chi connectivity index (χ2n) is 6.52. The average Bonchev–Trinajstić information content (AvgIpc) is 3.01. The third-order valence-corrected chi connectivity index (χ3v) is 6.11. The first-order chi connectivity index (χ1) is 12.3. The van der Waals surface area contributed by atoms with Crippen molar-refractivity contribution in [2.75, 3.05) is 26.3 Å². The van der Waals surface area contributed by atoms with Crippen molar-refractivity contribution in [2.24, 2.45) is 0 Å². The van der Waals surface area contributed by atoms with Gasteiger partial charge in [0.15, 0.2) is 0 Å². The number of H-pyrrole nitrogens is 1. The van der Waals surface area contributed by atoms with Crippen LogP contribution in [0.25, 0.3) is 31.1 Å². The summed E-state index contributed by atoms with van der Waals surface area (Å²) in [5, 5.41) is 2.93. The molecule has 0 unspecified atom stereocenters. The highest BCUT2D eigenvalue weighted by atomic mass is 32.1. The third-order valence-electron chi connectivity index (χ3n) is 4.92. The predicted octanol–water partition coefficient (Wildman–Crippen LogP) is 3.73. The molecule has 2 aromatic carbocycles. The summed E-state index contributed by atoms with van der Waals surface area (Å²) in [5.41, 5.74) is 2.26. The zero-order valence-electron chi connectivity index (χ0n) is 13.7. The fourth-order valence-electron chi connectivity index (χ4n) is 3.63. The van der Waals surface area contributed by atoms with Crippen LogP contribution >= 0.6 is 11.3 Å². The lowest BCUT2D eigenvalue weighted by molar-refractivity contribution is 0.0342.